The average molecular weight is 391 g/mol. The molecule has 1 aliphatic rings. The number of primary sulfonamides is 1. The molecule has 1 amide bonds. The molecule has 1 aliphatic heterocycles. The summed E-state index contributed by atoms with van der Waals surface area (Å²) >= 11 is 0. The van der Waals surface area contributed by atoms with Gasteiger partial charge in [0.25, 0.3) is 5.91 Å². The highest BCUT2D eigenvalue weighted by Crippen LogP contribution is 2.20. The van der Waals surface area contributed by atoms with Gasteiger partial charge in [-0.3, -0.25) is 4.79 Å². The minimum Gasteiger partial charge on any atom is -0.481 e. The Kier molecular flexibility index (Phi) is 5.29. The molecule has 2 N–H and O–H groups in total. The summed E-state index contributed by atoms with van der Waals surface area (Å²) in [6, 6.07) is 7.42. The summed E-state index contributed by atoms with van der Waals surface area (Å²) in [4.78, 5) is 25.0. The highest BCUT2D eigenvalue weighted by molar-refractivity contribution is 7.89. The van der Waals surface area contributed by atoms with Gasteiger partial charge in [-0.25, -0.2) is 18.5 Å². The Bertz CT molecular complexity index is 938. The van der Waals surface area contributed by atoms with Crippen molar-refractivity contribution in [1.82, 2.24) is 14.9 Å². The molecule has 0 saturated carbocycles. The molecule has 27 heavy (non-hydrogen) atoms. The van der Waals surface area contributed by atoms with Crippen LogP contribution in [0.5, 0.6) is 5.88 Å². The molecular weight excluding hydrogens is 370 g/mol. The summed E-state index contributed by atoms with van der Waals surface area (Å²) < 4.78 is 27.8. The number of anilines is 1. The summed E-state index contributed by atoms with van der Waals surface area (Å²) in [6.07, 6.45) is 0. The normalized spacial score (nSPS) is 14.9. The maximum Gasteiger partial charge on any atom is 0.253 e. The van der Waals surface area contributed by atoms with Crippen molar-refractivity contribution in [1.29, 1.82) is 0 Å². The van der Waals surface area contributed by atoms with Gasteiger partial charge in [0.05, 0.1) is 12.0 Å². The average Bonchev–Trinajstić information content (AvgIpc) is 2.66. The molecule has 3 rings (SSSR count). The molecule has 9 nitrogen and oxygen atoms in total. The zero-order valence-corrected chi connectivity index (χ0v) is 15.9. The molecule has 0 unspecified atom stereocenters. The number of benzene rings is 1. The zero-order chi connectivity index (χ0) is 19.6. The fourth-order valence-electron chi connectivity index (χ4n) is 2.90. The maximum atomic E-state index is 12.6. The third-order valence-electron chi connectivity index (χ3n) is 4.33. The Balaban J connectivity index is 1.67. The van der Waals surface area contributed by atoms with Crippen molar-refractivity contribution in [2.75, 3.05) is 38.2 Å². The number of piperazine rings is 1. The zero-order valence-electron chi connectivity index (χ0n) is 15.1. The van der Waals surface area contributed by atoms with Crippen molar-refractivity contribution >= 4 is 21.7 Å². The van der Waals surface area contributed by atoms with Crippen LogP contribution in [0.4, 0.5) is 5.82 Å². The van der Waals surface area contributed by atoms with Gasteiger partial charge in [0.15, 0.2) is 0 Å². The Morgan fingerprint density at radius 3 is 2.30 bits per heavy atom. The Morgan fingerprint density at radius 1 is 1.11 bits per heavy atom. The van der Waals surface area contributed by atoms with Crippen LogP contribution in [-0.4, -0.2) is 62.5 Å². The summed E-state index contributed by atoms with van der Waals surface area (Å²) in [5.74, 6) is 1.75. The van der Waals surface area contributed by atoms with Crippen molar-refractivity contribution < 1.29 is 17.9 Å². The SMILES string of the molecule is COc1cc(N2CCN(C(=O)c3ccc(S(N)(=O)=O)cc3)CC2)nc(C)n1. The van der Waals surface area contributed by atoms with Crippen molar-refractivity contribution in [2.24, 2.45) is 5.14 Å². The highest BCUT2D eigenvalue weighted by atomic mass is 32.2. The number of sulfonamides is 1. The second kappa shape index (κ2) is 7.49. The summed E-state index contributed by atoms with van der Waals surface area (Å²) in [6.45, 7) is 4.11. The number of methoxy groups -OCH3 is 1. The molecule has 1 saturated heterocycles. The van der Waals surface area contributed by atoms with E-state index in [1.165, 1.54) is 24.3 Å². The van der Waals surface area contributed by atoms with Crippen LogP contribution in [0.3, 0.4) is 0 Å². The van der Waals surface area contributed by atoms with Gasteiger partial charge in [0, 0.05) is 37.8 Å². The largest absolute Gasteiger partial charge is 0.481 e. The van der Waals surface area contributed by atoms with Gasteiger partial charge in [0.2, 0.25) is 15.9 Å². The van der Waals surface area contributed by atoms with Crippen LogP contribution in [-0.2, 0) is 10.0 Å². The lowest BCUT2D eigenvalue weighted by Crippen LogP contribution is -2.49. The molecule has 10 heteroatoms. The molecule has 1 aromatic carbocycles. The van der Waals surface area contributed by atoms with E-state index in [9.17, 15) is 13.2 Å². The van der Waals surface area contributed by atoms with Gasteiger partial charge in [-0.2, -0.15) is 4.98 Å². The number of carbonyl (C=O) groups excluding carboxylic acids is 1. The van der Waals surface area contributed by atoms with Crippen LogP contribution in [0.1, 0.15) is 16.2 Å². The molecule has 0 radical (unpaired) electrons. The molecule has 0 spiro atoms. The Labute approximate surface area is 157 Å². The Morgan fingerprint density at radius 2 is 1.74 bits per heavy atom. The van der Waals surface area contributed by atoms with E-state index >= 15 is 0 Å². The molecule has 1 aromatic heterocycles. The molecule has 2 heterocycles. The highest BCUT2D eigenvalue weighted by Gasteiger charge is 2.23. The number of hydrogen-bond acceptors (Lipinski definition) is 7. The van der Waals surface area contributed by atoms with Crippen molar-refractivity contribution in [3.8, 4) is 5.88 Å². The van der Waals surface area contributed by atoms with E-state index in [2.05, 4.69) is 14.9 Å². The molecule has 0 atom stereocenters. The maximum absolute atomic E-state index is 12.6. The van der Waals surface area contributed by atoms with E-state index in [0.717, 1.165) is 5.82 Å². The molecule has 0 bridgehead atoms. The third-order valence-corrected chi connectivity index (χ3v) is 5.26. The summed E-state index contributed by atoms with van der Waals surface area (Å²) in [7, 11) is -2.21. The van der Waals surface area contributed by atoms with Crippen LogP contribution in [0.15, 0.2) is 35.2 Å². The number of carbonyl (C=O) groups is 1. The monoisotopic (exact) mass is 391 g/mol. The number of rotatable bonds is 4. The lowest BCUT2D eigenvalue weighted by molar-refractivity contribution is 0.0746. The standard InChI is InChI=1S/C17H21N5O4S/c1-12-19-15(11-16(20-12)26-2)21-7-9-22(10-8-21)17(23)13-3-5-14(6-4-13)27(18,24)25/h3-6,11H,7-10H2,1-2H3,(H2,18,24,25). The lowest BCUT2D eigenvalue weighted by Gasteiger charge is -2.35. The van der Waals surface area contributed by atoms with Gasteiger partial charge >= 0.3 is 0 Å². The molecule has 144 valence electrons. The molecule has 2 aromatic rings. The molecule has 0 aliphatic carbocycles. The minimum absolute atomic E-state index is 0.0167. The predicted molar refractivity (Wildman–Crippen MR) is 99.3 cm³/mol. The van der Waals surface area contributed by atoms with Gasteiger partial charge in [-0.05, 0) is 31.2 Å². The van der Waals surface area contributed by atoms with E-state index in [1.807, 2.05) is 0 Å². The number of nitrogens with zero attached hydrogens (tertiary/aromatic N) is 4. The fourth-order valence-corrected chi connectivity index (χ4v) is 3.42. The van der Waals surface area contributed by atoms with Crippen molar-refractivity contribution in [2.45, 2.75) is 11.8 Å². The second-order valence-corrected chi connectivity index (χ2v) is 7.73. The smallest absolute Gasteiger partial charge is 0.253 e. The first-order valence-corrected chi connectivity index (χ1v) is 9.89. The van der Waals surface area contributed by atoms with Crippen molar-refractivity contribution in [3.63, 3.8) is 0 Å². The lowest BCUT2D eigenvalue weighted by atomic mass is 10.2. The van der Waals surface area contributed by atoms with Gasteiger partial charge in [0.1, 0.15) is 11.6 Å². The molecular formula is C17H21N5O4S. The van der Waals surface area contributed by atoms with Crippen LogP contribution in [0, 0.1) is 6.92 Å². The first-order chi connectivity index (χ1) is 12.8. The first kappa shape index (κ1) is 19.1. The quantitative estimate of drug-likeness (QED) is 0.801. The van der Waals surface area contributed by atoms with Crippen LogP contribution >= 0.6 is 0 Å². The topological polar surface area (TPSA) is 119 Å². The van der Waals surface area contributed by atoms with Gasteiger partial charge in [-0.1, -0.05) is 0 Å². The van der Waals surface area contributed by atoms with E-state index in [1.54, 1.807) is 25.0 Å². The number of hydrogen-bond donors (Lipinski definition) is 1. The molecule has 1 fully saturated rings. The minimum atomic E-state index is -3.77. The van der Waals surface area contributed by atoms with E-state index < -0.39 is 10.0 Å². The third kappa shape index (κ3) is 4.34. The van der Waals surface area contributed by atoms with Crippen LogP contribution < -0.4 is 14.8 Å². The van der Waals surface area contributed by atoms with Gasteiger partial charge in [-0.15, -0.1) is 0 Å². The van der Waals surface area contributed by atoms with Gasteiger partial charge < -0.3 is 14.5 Å². The first-order valence-electron chi connectivity index (χ1n) is 8.34. The van der Waals surface area contributed by atoms with E-state index in [0.29, 0.717) is 43.4 Å². The van der Waals surface area contributed by atoms with Crippen LogP contribution in [0.25, 0.3) is 0 Å². The predicted octanol–water partition coefficient (Wildman–Crippen LogP) is 0.403. The number of nitrogens with two attached hydrogens (primary N) is 1. The fraction of sp³-hybridized carbons (Fsp3) is 0.353. The second-order valence-electron chi connectivity index (χ2n) is 6.16. The number of ether oxygens (including phenoxy) is 1. The van der Waals surface area contributed by atoms with Crippen molar-refractivity contribution in [3.05, 3.63) is 41.7 Å². The number of aryl methyl sites for hydroxylation is 1. The number of aromatic nitrogens is 2. The Hall–Kier alpha value is -2.72. The van der Waals surface area contributed by atoms with Crippen LogP contribution in [0.2, 0.25) is 0 Å². The summed E-state index contributed by atoms with van der Waals surface area (Å²) in [5.41, 5.74) is 0.426. The van der Waals surface area contributed by atoms with E-state index in [4.69, 9.17) is 9.88 Å². The number of amides is 1. The van der Waals surface area contributed by atoms with E-state index in [-0.39, 0.29) is 10.8 Å². The summed E-state index contributed by atoms with van der Waals surface area (Å²) in [5, 5.41) is 5.08.